The lowest BCUT2D eigenvalue weighted by molar-refractivity contribution is -0.143. The number of amides is 1. The second-order valence-electron chi connectivity index (χ2n) is 5.14. The van der Waals surface area contributed by atoms with Gasteiger partial charge in [0.15, 0.2) is 0 Å². The van der Waals surface area contributed by atoms with Crippen LogP contribution < -0.4 is 10.9 Å². The van der Waals surface area contributed by atoms with Gasteiger partial charge in [0.25, 0.3) is 5.91 Å². The first-order valence-electron chi connectivity index (χ1n) is 6.94. The standard InChI is InChI=1S/C14H7F9N4O/c15-12(16,17)7-3-6(4-8(5-7)13(18,19)20)10(28)26-27-11-24-2-1-9(25-11)14(21,22)23/h1-5H,(H,26,28)(H,24,25,27). The first-order valence-corrected chi connectivity index (χ1v) is 6.94. The summed E-state index contributed by atoms with van der Waals surface area (Å²) in [6.45, 7) is 0. The van der Waals surface area contributed by atoms with E-state index in [1.807, 2.05) is 0 Å². The molecule has 1 amide bonds. The third kappa shape index (κ3) is 5.23. The number of alkyl halides is 9. The number of rotatable bonds is 3. The molecule has 1 aromatic carbocycles. The fourth-order valence-corrected chi connectivity index (χ4v) is 1.85. The van der Waals surface area contributed by atoms with Crippen molar-refractivity contribution in [3.05, 3.63) is 52.8 Å². The van der Waals surface area contributed by atoms with E-state index in [0.29, 0.717) is 12.3 Å². The summed E-state index contributed by atoms with van der Waals surface area (Å²) >= 11 is 0. The topological polar surface area (TPSA) is 66.9 Å². The molecule has 152 valence electrons. The summed E-state index contributed by atoms with van der Waals surface area (Å²) < 4.78 is 114. The van der Waals surface area contributed by atoms with E-state index in [-0.39, 0.29) is 18.2 Å². The van der Waals surface area contributed by atoms with Crippen LogP contribution in [0.5, 0.6) is 0 Å². The molecule has 28 heavy (non-hydrogen) atoms. The highest BCUT2D eigenvalue weighted by atomic mass is 19.4. The molecular weight excluding hydrogens is 411 g/mol. The lowest BCUT2D eigenvalue weighted by Gasteiger charge is -2.14. The number of nitrogens with one attached hydrogen (secondary N) is 2. The SMILES string of the molecule is O=C(NNc1nccc(C(F)(F)F)n1)c1cc(C(F)(F)F)cc(C(F)(F)F)c1. The average molecular weight is 418 g/mol. The van der Waals surface area contributed by atoms with Gasteiger partial charge in [0.05, 0.1) is 11.1 Å². The lowest BCUT2D eigenvalue weighted by atomic mass is 10.0. The molecule has 0 atom stereocenters. The molecule has 2 rings (SSSR count). The van der Waals surface area contributed by atoms with E-state index >= 15 is 0 Å². The summed E-state index contributed by atoms with van der Waals surface area (Å²) in [5, 5.41) is 0. The van der Waals surface area contributed by atoms with Gasteiger partial charge in [-0.2, -0.15) is 39.5 Å². The summed E-state index contributed by atoms with van der Waals surface area (Å²) in [4.78, 5) is 18.2. The van der Waals surface area contributed by atoms with Crippen LogP contribution in [-0.2, 0) is 18.5 Å². The molecule has 14 heteroatoms. The second-order valence-corrected chi connectivity index (χ2v) is 5.14. The Morgan fingerprint density at radius 2 is 1.36 bits per heavy atom. The molecule has 0 unspecified atom stereocenters. The summed E-state index contributed by atoms with van der Waals surface area (Å²) in [5.74, 6) is -2.27. The Morgan fingerprint density at radius 1 is 0.821 bits per heavy atom. The number of halogens is 9. The summed E-state index contributed by atoms with van der Waals surface area (Å²) in [6, 6.07) is 0.633. The van der Waals surface area contributed by atoms with E-state index in [4.69, 9.17) is 0 Å². The quantitative estimate of drug-likeness (QED) is 0.577. The van der Waals surface area contributed by atoms with Crippen LogP contribution in [0.25, 0.3) is 0 Å². The molecule has 2 N–H and O–H groups in total. The fraction of sp³-hybridized carbons (Fsp3) is 0.214. The monoisotopic (exact) mass is 418 g/mol. The Kier molecular flexibility index (Phi) is 5.43. The summed E-state index contributed by atoms with van der Waals surface area (Å²) in [6.07, 6.45) is -14.5. The highest BCUT2D eigenvalue weighted by Gasteiger charge is 2.37. The zero-order chi connectivity index (χ0) is 21.3. The van der Waals surface area contributed by atoms with Crippen molar-refractivity contribution in [1.29, 1.82) is 0 Å². The first-order chi connectivity index (χ1) is 12.7. The van der Waals surface area contributed by atoms with Gasteiger partial charge < -0.3 is 0 Å². The van der Waals surface area contributed by atoms with E-state index in [9.17, 15) is 44.3 Å². The number of nitrogens with zero attached hydrogens (tertiary/aromatic N) is 2. The number of hydrazine groups is 1. The van der Waals surface area contributed by atoms with Crippen molar-refractivity contribution in [2.75, 3.05) is 5.43 Å². The second kappa shape index (κ2) is 7.16. The van der Waals surface area contributed by atoms with Crippen molar-refractivity contribution in [1.82, 2.24) is 15.4 Å². The van der Waals surface area contributed by atoms with E-state index < -0.39 is 52.8 Å². The molecule has 0 bridgehead atoms. The van der Waals surface area contributed by atoms with Crippen molar-refractivity contribution in [2.24, 2.45) is 0 Å². The van der Waals surface area contributed by atoms with Crippen molar-refractivity contribution in [3.8, 4) is 0 Å². The minimum absolute atomic E-state index is 0.152. The van der Waals surface area contributed by atoms with E-state index in [1.54, 1.807) is 10.9 Å². The zero-order valence-corrected chi connectivity index (χ0v) is 13.1. The van der Waals surface area contributed by atoms with Crippen molar-refractivity contribution in [3.63, 3.8) is 0 Å². The summed E-state index contributed by atoms with van der Waals surface area (Å²) in [5.41, 5.74) is -2.48. The van der Waals surface area contributed by atoms with Gasteiger partial charge in [0.1, 0.15) is 5.69 Å². The van der Waals surface area contributed by atoms with Gasteiger partial charge in [-0.1, -0.05) is 0 Å². The molecule has 0 saturated carbocycles. The molecular formula is C14H7F9N4O. The van der Waals surface area contributed by atoms with Crippen LogP contribution in [-0.4, -0.2) is 15.9 Å². The molecule has 5 nitrogen and oxygen atoms in total. The average Bonchev–Trinajstić information content (AvgIpc) is 2.57. The predicted octanol–water partition coefficient (Wildman–Crippen LogP) is 4.29. The number of benzene rings is 1. The maximum Gasteiger partial charge on any atom is 0.433 e. The van der Waals surface area contributed by atoms with Crippen LogP contribution in [0, 0.1) is 0 Å². The van der Waals surface area contributed by atoms with Gasteiger partial charge in [0, 0.05) is 11.8 Å². The molecule has 2 aromatic rings. The van der Waals surface area contributed by atoms with E-state index in [2.05, 4.69) is 9.97 Å². The van der Waals surface area contributed by atoms with Gasteiger partial charge >= 0.3 is 18.5 Å². The Bertz CT molecular complexity index is 842. The smallest absolute Gasteiger partial charge is 0.267 e. The molecule has 0 saturated heterocycles. The minimum Gasteiger partial charge on any atom is -0.267 e. The number of anilines is 1. The molecule has 1 aromatic heterocycles. The number of carbonyl (C=O) groups is 1. The normalized spacial score (nSPS) is 12.6. The van der Waals surface area contributed by atoms with Gasteiger partial charge in [0.2, 0.25) is 5.95 Å². The van der Waals surface area contributed by atoms with Crippen LogP contribution >= 0.6 is 0 Å². The first kappa shape index (κ1) is 21.2. The Hall–Kier alpha value is -3.06. The maximum absolute atomic E-state index is 12.8. The van der Waals surface area contributed by atoms with Crippen LogP contribution in [0.4, 0.5) is 45.5 Å². The molecule has 1 heterocycles. The van der Waals surface area contributed by atoms with Crippen molar-refractivity contribution >= 4 is 11.9 Å². The number of hydrogen-bond donors (Lipinski definition) is 2. The van der Waals surface area contributed by atoms with Crippen LogP contribution in [0.2, 0.25) is 0 Å². The van der Waals surface area contributed by atoms with Crippen molar-refractivity contribution in [2.45, 2.75) is 18.5 Å². The summed E-state index contributed by atoms with van der Waals surface area (Å²) in [7, 11) is 0. The van der Waals surface area contributed by atoms with Gasteiger partial charge in [-0.3, -0.25) is 15.6 Å². The highest BCUT2D eigenvalue weighted by Crippen LogP contribution is 2.36. The lowest BCUT2D eigenvalue weighted by Crippen LogP contribution is -2.31. The number of aromatic nitrogens is 2. The predicted molar refractivity (Wildman–Crippen MR) is 74.6 cm³/mol. The van der Waals surface area contributed by atoms with Crippen molar-refractivity contribution < 1.29 is 44.3 Å². The van der Waals surface area contributed by atoms with Crippen LogP contribution in [0.1, 0.15) is 27.2 Å². The third-order valence-electron chi connectivity index (χ3n) is 3.08. The van der Waals surface area contributed by atoms with Gasteiger partial charge in [-0.25, -0.2) is 9.97 Å². The molecule has 0 aliphatic carbocycles. The fourth-order valence-electron chi connectivity index (χ4n) is 1.85. The van der Waals surface area contributed by atoms with Crippen LogP contribution in [0.3, 0.4) is 0 Å². The number of hydrogen-bond acceptors (Lipinski definition) is 4. The van der Waals surface area contributed by atoms with Crippen LogP contribution in [0.15, 0.2) is 30.5 Å². The minimum atomic E-state index is -5.17. The maximum atomic E-state index is 12.8. The third-order valence-corrected chi connectivity index (χ3v) is 3.08. The van der Waals surface area contributed by atoms with Gasteiger partial charge in [-0.15, -0.1) is 0 Å². The Labute approximate surface area is 149 Å². The largest absolute Gasteiger partial charge is 0.433 e. The molecule has 0 spiro atoms. The van der Waals surface area contributed by atoms with Gasteiger partial charge in [-0.05, 0) is 24.3 Å². The zero-order valence-electron chi connectivity index (χ0n) is 13.1. The highest BCUT2D eigenvalue weighted by molar-refractivity contribution is 5.95. The molecule has 0 aliphatic heterocycles. The number of carbonyl (C=O) groups excluding carboxylic acids is 1. The molecule has 0 aliphatic rings. The molecule has 0 radical (unpaired) electrons. The Morgan fingerprint density at radius 3 is 1.82 bits per heavy atom. The van der Waals surface area contributed by atoms with E-state index in [0.717, 1.165) is 0 Å². The van der Waals surface area contributed by atoms with E-state index in [1.165, 1.54) is 0 Å². The Balaban J connectivity index is 2.27. The molecule has 0 fully saturated rings.